The molecule has 19 heavy (non-hydrogen) atoms. The summed E-state index contributed by atoms with van der Waals surface area (Å²) in [5, 5.41) is 8.65. The minimum absolute atomic E-state index is 0.101. The lowest BCUT2D eigenvalue weighted by Gasteiger charge is -2.32. The van der Waals surface area contributed by atoms with Crippen molar-refractivity contribution in [1.82, 2.24) is 0 Å². The molecule has 1 aliphatic rings. The van der Waals surface area contributed by atoms with Crippen LogP contribution in [0.2, 0.25) is 0 Å². The zero-order valence-electron chi connectivity index (χ0n) is 11.7. The Morgan fingerprint density at radius 2 is 1.89 bits per heavy atom. The van der Waals surface area contributed by atoms with Crippen LogP contribution in [0.5, 0.6) is 5.75 Å². The van der Waals surface area contributed by atoms with Crippen LogP contribution >= 0.6 is 0 Å². The lowest BCUT2D eigenvalue weighted by molar-refractivity contribution is 0.101. The van der Waals surface area contributed by atoms with Gasteiger partial charge in [-0.3, -0.25) is 0 Å². The zero-order valence-corrected chi connectivity index (χ0v) is 11.7. The second kappa shape index (κ2) is 6.63. The zero-order chi connectivity index (χ0) is 13.7. The van der Waals surface area contributed by atoms with Crippen LogP contribution in [-0.4, -0.2) is 17.8 Å². The summed E-state index contributed by atoms with van der Waals surface area (Å²) in [5.74, 6) is 8.00. The van der Waals surface area contributed by atoms with Crippen LogP contribution in [0.3, 0.4) is 0 Å². The summed E-state index contributed by atoms with van der Waals surface area (Å²) >= 11 is 0. The van der Waals surface area contributed by atoms with Gasteiger partial charge in [0.25, 0.3) is 0 Å². The monoisotopic (exact) mass is 258 g/mol. The van der Waals surface area contributed by atoms with Crippen LogP contribution in [-0.2, 0) is 0 Å². The molecular formula is C17H22O2. The second-order valence-corrected chi connectivity index (χ2v) is 5.49. The van der Waals surface area contributed by atoms with E-state index in [0.29, 0.717) is 6.10 Å². The highest BCUT2D eigenvalue weighted by Gasteiger charge is 2.25. The first-order chi connectivity index (χ1) is 9.19. The highest BCUT2D eigenvalue weighted by molar-refractivity contribution is 5.38. The van der Waals surface area contributed by atoms with E-state index in [1.54, 1.807) is 0 Å². The lowest BCUT2D eigenvalue weighted by atomic mass is 9.80. The van der Waals surface area contributed by atoms with E-state index in [2.05, 4.69) is 25.7 Å². The van der Waals surface area contributed by atoms with Gasteiger partial charge in [0.15, 0.2) is 0 Å². The minimum atomic E-state index is -0.101. The van der Waals surface area contributed by atoms with Crippen LogP contribution in [0.15, 0.2) is 24.3 Å². The summed E-state index contributed by atoms with van der Waals surface area (Å²) in [6, 6.07) is 7.80. The van der Waals surface area contributed by atoms with Gasteiger partial charge in [-0.1, -0.05) is 25.7 Å². The Balaban J connectivity index is 1.92. The van der Waals surface area contributed by atoms with Crippen LogP contribution in [0, 0.1) is 23.7 Å². The van der Waals surface area contributed by atoms with Gasteiger partial charge >= 0.3 is 0 Å². The van der Waals surface area contributed by atoms with E-state index in [4.69, 9.17) is 9.84 Å². The van der Waals surface area contributed by atoms with Crippen molar-refractivity contribution in [3.05, 3.63) is 29.8 Å². The molecule has 0 radical (unpaired) electrons. The van der Waals surface area contributed by atoms with Gasteiger partial charge in [0.2, 0.25) is 0 Å². The predicted octanol–water partition coefficient (Wildman–Crippen LogP) is 3.23. The third-order valence-corrected chi connectivity index (χ3v) is 4.02. The summed E-state index contributed by atoms with van der Waals surface area (Å²) in [6.45, 7) is 4.54. The summed E-state index contributed by atoms with van der Waals surface area (Å²) in [7, 11) is 0. The molecule has 1 aromatic rings. The van der Waals surface area contributed by atoms with E-state index in [-0.39, 0.29) is 6.61 Å². The molecule has 0 amide bonds. The number of aliphatic hydroxyl groups excluding tert-OH is 1. The van der Waals surface area contributed by atoms with E-state index in [0.717, 1.165) is 36.0 Å². The quantitative estimate of drug-likeness (QED) is 0.825. The van der Waals surface area contributed by atoms with Gasteiger partial charge in [0.05, 0.1) is 6.10 Å². The Labute approximate surface area is 115 Å². The van der Waals surface area contributed by atoms with E-state index in [1.807, 2.05) is 24.3 Å². The van der Waals surface area contributed by atoms with Gasteiger partial charge < -0.3 is 9.84 Å². The maximum Gasteiger partial charge on any atom is 0.119 e. The van der Waals surface area contributed by atoms with E-state index < -0.39 is 0 Å². The van der Waals surface area contributed by atoms with E-state index in [1.165, 1.54) is 6.42 Å². The molecule has 3 unspecified atom stereocenters. The molecule has 2 heteroatoms. The SMILES string of the molecule is CC1CCC(Oc2ccc(C#CCO)cc2)CC1C. The fraction of sp³-hybridized carbons (Fsp3) is 0.529. The van der Waals surface area contributed by atoms with Crippen molar-refractivity contribution in [2.75, 3.05) is 6.61 Å². The number of benzene rings is 1. The highest BCUT2D eigenvalue weighted by atomic mass is 16.5. The fourth-order valence-corrected chi connectivity index (χ4v) is 2.56. The molecule has 0 saturated heterocycles. The maximum absolute atomic E-state index is 8.65. The van der Waals surface area contributed by atoms with Gasteiger partial charge in [0, 0.05) is 5.56 Å². The molecule has 0 bridgehead atoms. The van der Waals surface area contributed by atoms with Gasteiger partial charge in [0.1, 0.15) is 12.4 Å². The van der Waals surface area contributed by atoms with Gasteiger partial charge in [-0.05, 0) is 55.4 Å². The Morgan fingerprint density at radius 3 is 2.53 bits per heavy atom. The van der Waals surface area contributed by atoms with E-state index in [9.17, 15) is 0 Å². The van der Waals surface area contributed by atoms with Crippen molar-refractivity contribution < 1.29 is 9.84 Å². The van der Waals surface area contributed by atoms with Crippen molar-refractivity contribution in [1.29, 1.82) is 0 Å². The average molecular weight is 258 g/mol. The van der Waals surface area contributed by atoms with E-state index >= 15 is 0 Å². The maximum atomic E-state index is 8.65. The Bertz CT molecular complexity index is 452. The standard InChI is InChI=1S/C17H22O2/c1-13-5-8-17(12-14(13)2)19-16-9-6-15(7-10-16)4-3-11-18/h6-7,9-10,13-14,17-18H,5,8,11-12H2,1-2H3. The van der Waals surface area contributed by atoms with Crippen molar-refractivity contribution >= 4 is 0 Å². The molecular weight excluding hydrogens is 236 g/mol. The molecule has 1 fully saturated rings. The summed E-state index contributed by atoms with van der Waals surface area (Å²) in [4.78, 5) is 0. The highest BCUT2D eigenvalue weighted by Crippen LogP contribution is 2.31. The second-order valence-electron chi connectivity index (χ2n) is 5.49. The molecule has 102 valence electrons. The summed E-state index contributed by atoms with van der Waals surface area (Å²) in [5.41, 5.74) is 0.909. The minimum Gasteiger partial charge on any atom is -0.490 e. The van der Waals surface area contributed by atoms with Gasteiger partial charge in [-0.15, -0.1) is 0 Å². The Morgan fingerprint density at radius 1 is 1.16 bits per heavy atom. The molecule has 1 saturated carbocycles. The first kappa shape index (κ1) is 14.0. The molecule has 1 N–H and O–H groups in total. The molecule has 1 aliphatic carbocycles. The number of rotatable bonds is 2. The molecule has 1 aromatic carbocycles. The van der Waals surface area contributed by atoms with Crippen molar-refractivity contribution in [3.8, 4) is 17.6 Å². The fourth-order valence-electron chi connectivity index (χ4n) is 2.56. The largest absolute Gasteiger partial charge is 0.490 e. The van der Waals surface area contributed by atoms with Gasteiger partial charge in [-0.2, -0.15) is 0 Å². The molecule has 3 atom stereocenters. The predicted molar refractivity (Wildman–Crippen MR) is 77.0 cm³/mol. The summed E-state index contributed by atoms with van der Waals surface area (Å²) < 4.78 is 6.04. The summed E-state index contributed by atoms with van der Waals surface area (Å²) in [6.07, 6.45) is 3.90. The third-order valence-electron chi connectivity index (χ3n) is 4.02. The van der Waals surface area contributed by atoms with Crippen LogP contribution < -0.4 is 4.74 Å². The smallest absolute Gasteiger partial charge is 0.119 e. The van der Waals surface area contributed by atoms with Crippen molar-refractivity contribution in [3.63, 3.8) is 0 Å². The van der Waals surface area contributed by atoms with Gasteiger partial charge in [-0.25, -0.2) is 0 Å². The third kappa shape index (κ3) is 4.01. The molecule has 0 aliphatic heterocycles. The molecule has 0 spiro atoms. The Hall–Kier alpha value is -1.46. The number of hydrogen-bond donors (Lipinski definition) is 1. The first-order valence-corrected chi connectivity index (χ1v) is 7.05. The molecule has 2 nitrogen and oxygen atoms in total. The first-order valence-electron chi connectivity index (χ1n) is 7.05. The molecule has 0 aromatic heterocycles. The normalized spacial score (nSPS) is 26.4. The number of aliphatic hydroxyl groups is 1. The number of ether oxygens (including phenoxy) is 1. The Kier molecular flexibility index (Phi) is 4.87. The number of hydrogen-bond acceptors (Lipinski definition) is 2. The lowest BCUT2D eigenvalue weighted by Crippen LogP contribution is -2.28. The van der Waals surface area contributed by atoms with Crippen LogP contribution in [0.25, 0.3) is 0 Å². The topological polar surface area (TPSA) is 29.5 Å². The van der Waals surface area contributed by atoms with Crippen molar-refractivity contribution in [2.45, 2.75) is 39.2 Å². The van der Waals surface area contributed by atoms with Crippen molar-refractivity contribution in [2.24, 2.45) is 11.8 Å². The molecule has 2 rings (SSSR count). The average Bonchev–Trinajstić information content (AvgIpc) is 2.42. The van der Waals surface area contributed by atoms with Crippen LogP contribution in [0.4, 0.5) is 0 Å². The van der Waals surface area contributed by atoms with Crippen LogP contribution in [0.1, 0.15) is 38.7 Å². The molecule has 0 heterocycles.